The molecule has 25 heavy (non-hydrogen) atoms. The maximum Gasteiger partial charge on any atom is 0.191 e. The fourth-order valence-electron chi connectivity index (χ4n) is 2.28. The highest BCUT2D eigenvalue weighted by Gasteiger charge is 2.05. The SMILES string of the molecule is CCNC(=NCc1cccc(C)c1)NCc1cc(C#N)ccc1F.I. The molecule has 0 spiro atoms. The van der Waals surface area contributed by atoms with Crippen molar-refractivity contribution in [1.82, 2.24) is 10.6 Å². The van der Waals surface area contributed by atoms with Crippen molar-refractivity contribution in [3.05, 3.63) is 70.5 Å². The van der Waals surface area contributed by atoms with Crippen molar-refractivity contribution in [3.8, 4) is 6.07 Å². The van der Waals surface area contributed by atoms with Crippen LogP contribution in [-0.4, -0.2) is 12.5 Å². The number of guanidine groups is 1. The summed E-state index contributed by atoms with van der Waals surface area (Å²) < 4.78 is 13.8. The van der Waals surface area contributed by atoms with Crippen molar-refractivity contribution in [2.45, 2.75) is 26.9 Å². The number of hydrogen-bond donors (Lipinski definition) is 2. The second kappa shape index (κ2) is 10.7. The molecule has 0 amide bonds. The lowest BCUT2D eigenvalue weighted by Crippen LogP contribution is -2.37. The van der Waals surface area contributed by atoms with Gasteiger partial charge in [-0.25, -0.2) is 9.38 Å². The molecule has 0 saturated carbocycles. The predicted molar refractivity (Wildman–Crippen MR) is 109 cm³/mol. The van der Waals surface area contributed by atoms with Crippen molar-refractivity contribution >= 4 is 29.9 Å². The van der Waals surface area contributed by atoms with Gasteiger partial charge in [0.05, 0.1) is 18.2 Å². The number of hydrogen-bond acceptors (Lipinski definition) is 2. The summed E-state index contributed by atoms with van der Waals surface area (Å²) in [6.45, 7) is 5.53. The highest BCUT2D eigenvalue weighted by atomic mass is 127. The zero-order valence-electron chi connectivity index (χ0n) is 14.3. The number of nitrogens with zero attached hydrogens (tertiary/aromatic N) is 2. The number of nitriles is 1. The van der Waals surface area contributed by atoms with Gasteiger partial charge in [-0.1, -0.05) is 29.8 Å². The Morgan fingerprint density at radius 3 is 2.68 bits per heavy atom. The molecule has 2 rings (SSSR count). The van der Waals surface area contributed by atoms with E-state index in [-0.39, 0.29) is 36.3 Å². The second-order valence-corrected chi connectivity index (χ2v) is 5.46. The molecule has 132 valence electrons. The summed E-state index contributed by atoms with van der Waals surface area (Å²) in [6.07, 6.45) is 0. The molecule has 0 heterocycles. The molecule has 0 aliphatic carbocycles. The summed E-state index contributed by atoms with van der Waals surface area (Å²) in [5.74, 6) is 0.275. The summed E-state index contributed by atoms with van der Waals surface area (Å²) in [6, 6.07) is 14.5. The van der Waals surface area contributed by atoms with E-state index in [0.717, 1.165) is 5.56 Å². The predicted octanol–water partition coefficient (Wildman–Crippen LogP) is 3.88. The number of aliphatic imine (C=N–C) groups is 1. The fourth-order valence-corrected chi connectivity index (χ4v) is 2.28. The Balaban J connectivity index is 0.00000312. The molecule has 0 bridgehead atoms. The standard InChI is InChI=1S/C19H21FN4.HI/c1-3-22-19(23-12-16-6-4-5-14(2)9-16)24-13-17-10-15(11-21)7-8-18(17)20;/h4-10H,3,12-13H2,1-2H3,(H2,22,23,24);1H. The zero-order valence-corrected chi connectivity index (χ0v) is 16.7. The smallest absolute Gasteiger partial charge is 0.191 e. The summed E-state index contributed by atoms with van der Waals surface area (Å²) in [7, 11) is 0. The molecule has 0 radical (unpaired) electrons. The quantitative estimate of drug-likeness (QED) is 0.411. The third kappa shape index (κ3) is 6.70. The van der Waals surface area contributed by atoms with Gasteiger partial charge in [0.2, 0.25) is 0 Å². The summed E-state index contributed by atoms with van der Waals surface area (Å²) >= 11 is 0. The lowest BCUT2D eigenvalue weighted by atomic mass is 10.1. The Kier molecular flexibility index (Phi) is 8.92. The number of aryl methyl sites for hydroxylation is 1. The Morgan fingerprint density at radius 2 is 2.00 bits per heavy atom. The van der Waals surface area contributed by atoms with E-state index in [1.54, 1.807) is 6.07 Å². The van der Waals surface area contributed by atoms with Crippen LogP contribution in [0, 0.1) is 24.1 Å². The number of rotatable bonds is 5. The van der Waals surface area contributed by atoms with Crippen LogP contribution in [0.1, 0.15) is 29.2 Å². The summed E-state index contributed by atoms with van der Waals surface area (Å²) in [5.41, 5.74) is 3.19. The van der Waals surface area contributed by atoms with Crippen LogP contribution in [0.25, 0.3) is 0 Å². The topological polar surface area (TPSA) is 60.2 Å². The highest BCUT2D eigenvalue weighted by Crippen LogP contribution is 2.10. The Hall–Kier alpha value is -2.14. The lowest BCUT2D eigenvalue weighted by Gasteiger charge is -2.12. The number of nitrogens with one attached hydrogen (secondary N) is 2. The monoisotopic (exact) mass is 452 g/mol. The minimum Gasteiger partial charge on any atom is -0.357 e. The van der Waals surface area contributed by atoms with Crippen LogP contribution in [-0.2, 0) is 13.1 Å². The first-order valence-corrected chi connectivity index (χ1v) is 7.88. The molecule has 0 aromatic heterocycles. The van der Waals surface area contributed by atoms with E-state index < -0.39 is 0 Å². The molecule has 0 fully saturated rings. The number of benzene rings is 2. The van der Waals surface area contributed by atoms with Crippen LogP contribution in [0.3, 0.4) is 0 Å². The molecule has 0 unspecified atom stereocenters. The van der Waals surface area contributed by atoms with Crippen LogP contribution < -0.4 is 10.6 Å². The molecular formula is C19H22FIN4. The van der Waals surface area contributed by atoms with E-state index in [0.29, 0.717) is 30.2 Å². The van der Waals surface area contributed by atoms with Gasteiger partial charge in [-0.15, -0.1) is 24.0 Å². The molecule has 0 aliphatic rings. The minimum absolute atomic E-state index is 0. The van der Waals surface area contributed by atoms with Gasteiger partial charge in [-0.05, 0) is 37.6 Å². The third-order valence-corrected chi connectivity index (χ3v) is 3.47. The summed E-state index contributed by atoms with van der Waals surface area (Å²) in [5, 5.41) is 15.2. The average Bonchev–Trinajstić information content (AvgIpc) is 2.58. The van der Waals surface area contributed by atoms with Gasteiger partial charge in [0.1, 0.15) is 5.82 Å². The minimum atomic E-state index is -0.337. The van der Waals surface area contributed by atoms with E-state index in [9.17, 15) is 4.39 Å². The van der Waals surface area contributed by atoms with Gasteiger partial charge >= 0.3 is 0 Å². The molecule has 4 nitrogen and oxygen atoms in total. The van der Waals surface area contributed by atoms with Crippen molar-refractivity contribution in [2.75, 3.05) is 6.54 Å². The first-order chi connectivity index (χ1) is 11.6. The van der Waals surface area contributed by atoms with Crippen molar-refractivity contribution < 1.29 is 4.39 Å². The maximum absolute atomic E-state index is 13.8. The zero-order chi connectivity index (χ0) is 17.4. The summed E-state index contributed by atoms with van der Waals surface area (Å²) in [4.78, 5) is 4.52. The molecule has 2 aromatic rings. The Bertz CT molecular complexity index is 768. The van der Waals surface area contributed by atoms with E-state index >= 15 is 0 Å². The van der Waals surface area contributed by atoms with E-state index in [2.05, 4.69) is 21.7 Å². The van der Waals surface area contributed by atoms with Gasteiger partial charge in [-0.3, -0.25) is 0 Å². The van der Waals surface area contributed by atoms with E-state index in [4.69, 9.17) is 5.26 Å². The van der Waals surface area contributed by atoms with E-state index in [1.807, 2.05) is 38.1 Å². The van der Waals surface area contributed by atoms with Crippen LogP contribution >= 0.6 is 24.0 Å². The molecule has 2 aromatic carbocycles. The first-order valence-electron chi connectivity index (χ1n) is 7.88. The van der Waals surface area contributed by atoms with Crippen molar-refractivity contribution in [2.24, 2.45) is 4.99 Å². The van der Waals surface area contributed by atoms with Gasteiger partial charge in [0, 0.05) is 18.7 Å². The van der Waals surface area contributed by atoms with Gasteiger partial charge in [-0.2, -0.15) is 5.26 Å². The van der Waals surface area contributed by atoms with Crippen molar-refractivity contribution in [1.29, 1.82) is 5.26 Å². The third-order valence-electron chi connectivity index (χ3n) is 3.47. The highest BCUT2D eigenvalue weighted by molar-refractivity contribution is 14.0. The molecule has 0 atom stereocenters. The fraction of sp³-hybridized carbons (Fsp3) is 0.263. The van der Waals surface area contributed by atoms with Crippen LogP contribution in [0.2, 0.25) is 0 Å². The normalized spacial score (nSPS) is 10.6. The lowest BCUT2D eigenvalue weighted by molar-refractivity contribution is 0.604. The van der Waals surface area contributed by atoms with E-state index in [1.165, 1.54) is 17.7 Å². The largest absolute Gasteiger partial charge is 0.357 e. The van der Waals surface area contributed by atoms with Gasteiger partial charge in [0.15, 0.2) is 5.96 Å². The van der Waals surface area contributed by atoms with Crippen LogP contribution in [0.5, 0.6) is 0 Å². The molecule has 0 saturated heterocycles. The Morgan fingerprint density at radius 1 is 1.20 bits per heavy atom. The van der Waals surface area contributed by atoms with Crippen molar-refractivity contribution in [3.63, 3.8) is 0 Å². The first kappa shape index (κ1) is 20.9. The van der Waals surface area contributed by atoms with Gasteiger partial charge < -0.3 is 10.6 Å². The number of halogens is 2. The second-order valence-electron chi connectivity index (χ2n) is 5.46. The molecular weight excluding hydrogens is 430 g/mol. The van der Waals surface area contributed by atoms with Gasteiger partial charge in [0.25, 0.3) is 0 Å². The molecule has 2 N–H and O–H groups in total. The molecule has 6 heteroatoms. The average molecular weight is 452 g/mol. The van der Waals surface area contributed by atoms with Crippen LogP contribution in [0.4, 0.5) is 4.39 Å². The molecule has 0 aliphatic heterocycles. The maximum atomic E-state index is 13.8. The Labute approximate surface area is 165 Å². The van der Waals surface area contributed by atoms with Crippen LogP contribution in [0.15, 0.2) is 47.5 Å².